The van der Waals surface area contributed by atoms with Crippen molar-refractivity contribution in [1.29, 1.82) is 0 Å². The van der Waals surface area contributed by atoms with Gasteiger partial charge in [0.15, 0.2) is 0 Å². The number of aromatic nitrogens is 1. The molecule has 0 unspecified atom stereocenters. The third-order valence-electron chi connectivity index (χ3n) is 1.52. The van der Waals surface area contributed by atoms with Gasteiger partial charge in [0.25, 0.3) is 0 Å². The summed E-state index contributed by atoms with van der Waals surface area (Å²) in [5.74, 6) is -0.184. The van der Waals surface area contributed by atoms with Crippen molar-refractivity contribution in [2.24, 2.45) is 0 Å². The van der Waals surface area contributed by atoms with Gasteiger partial charge in [0, 0.05) is 24.2 Å². The molecule has 0 aliphatic heterocycles. The van der Waals surface area contributed by atoms with E-state index in [1.54, 1.807) is 16.8 Å². The topological polar surface area (TPSA) is 51.2 Å². The van der Waals surface area contributed by atoms with Gasteiger partial charge in [-0.05, 0) is 0 Å². The van der Waals surface area contributed by atoms with E-state index in [2.05, 4.69) is 15.0 Å². The van der Waals surface area contributed by atoms with Crippen LogP contribution in [0.3, 0.4) is 0 Å². The highest BCUT2D eigenvalue weighted by atomic mass is 32.1. The van der Waals surface area contributed by atoms with Crippen LogP contribution in [0, 0.1) is 0 Å². The Morgan fingerprint density at radius 2 is 2.62 bits per heavy atom. The second kappa shape index (κ2) is 5.66. The van der Waals surface area contributed by atoms with E-state index in [4.69, 9.17) is 0 Å². The summed E-state index contributed by atoms with van der Waals surface area (Å²) in [5.41, 5.74) is 1.79. The van der Waals surface area contributed by atoms with Crippen LogP contribution in [0.2, 0.25) is 0 Å². The maximum atomic E-state index is 10.7. The molecule has 1 rings (SSSR count). The molecule has 0 aliphatic rings. The van der Waals surface area contributed by atoms with Crippen molar-refractivity contribution in [2.45, 2.75) is 13.0 Å². The van der Waals surface area contributed by atoms with E-state index in [9.17, 15) is 4.79 Å². The van der Waals surface area contributed by atoms with Crippen molar-refractivity contribution in [3.8, 4) is 0 Å². The van der Waals surface area contributed by atoms with Gasteiger partial charge in [-0.3, -0.25) is 9.78 Å². The molecule has 13 heavy (non-hydrogen) atoms. The Kier molecular flexibility index (Phi) is 4.42. The first-order chi connectivity index (χ1) is 6.33. The molecule has 4 nitrogen and oxygen atoms in total. The number of nitrogens with one attached hydrogen (secondary N) is 1. The Balaban J connectivity index is 2.05. The number of carbonyl (C=O) groups excluding carboxylic acids is 1. The van der Waals surface area contributed by atoms with Gasteiger partial charge in [-0.1, -0.05) is 0 Å². The molecular formula is C8H12N2O2S. The number of esters is 1. The largest absolute Gasteiger partial charge is 0.469 e. The number of carbonyl (C=O) groups is 1. The molecule has 0 spiro atoms. The highest BCUT2D eigenvalue weighted by Gasteiger charge is 1.99. The number of rotatable bonds is 5. The molecule has 1 N–H and O–H groups in total. The van der Waals surface area contributed by atoms with Gasteiger partial charge in [-0.2, -0.15) is 0 Å². The van der Waals surface area contributed by atoms with Gasteiger partial charge < -0.3 is 10.1 Å². The minimum atomic E-state index is -0.184. The number of hydrogen-bond acceptors (Lipinski definition) is 5. The third kappa shape index (κ3) is 4.00. The van der Waals surface area contributed by atoms with Crippen LogP contribution >= 0.6 is 11.3 Å². The number of hydrogen-bond donors (Lipinski definition) is 1. The molecule has 1 aromatic rings. The second-order valence-electron chi connectivity index (χ2n) is 2.47. The summed E-state index contributed by atoms with van der Waals surface area (Å²) in [7, 11) is 1.39. The maximum Gasteiger partial charge on any atom is 0.306 e. The highest BCUT2D eigenvalue weighted by Crippen LogP contribution is 2.03. The molecule has 0 saturated carbocycles. The normalized spacial score (nSPS) is 9.92. The van der Waals surface area contributed by atoms with Crippen LogP contribution in [0.1, 0.15) is 11.3 Å². The molecule has 1 aromatic heterocycles. The van der Waals surface area contributed by atoms with Crippen molar-refractivity contribution >= 4 is 17.3 Å². The molecule has 5 heteroatoms. The third-order valence-corrected chi connectivity index (χ3v) is 2.30. The average molecular weight is 200 g/mol. The summed E-state index contributed by atoms with van der Waals surface area (Å²) in [5, 5.41) is 3.12. The fourth-order valence-electron chi connectivity index (χ4n) is 0.834. The molecule has 72 valence electrons. The standard InChI is InChI=1S/C8H12N2O2S/c1-12-8(11)2-3-9-4-7-5-10-6-13-7/h5-6,9H,2-4H2,1H3. The maximum absolute atomic E-state index is 10.7. The van der Waals surface area contributed by atoms with Gasteiger partial charge >= 0.3 is 5.97 Å². The quantitative estimate of drug-likeness (QED) is 0.564. The van der Waals surface area contributed by atoms with Crippen LogP contribution in [0.15, 0.2) is 11.7 Å². The minimum Gasteiger partial charge on any atom is -0.469 e. The van der Waals surface area contributed by atoms with E-state index in [0.29, 0.717) is 13.0 Å². The van der Waals surface area contributed by atoms with E-state index in [0.717, 1.165) is 6.54 Å². The van der Waals surface area contributed by atoms with Crippen LogP contribution in [0.4, 0.5) is 0 Å². The van der Waals surface area contributed by atoms with Gasteiger partial charge in [0.05, 0.1) is 19.0 Å². The van der Waals surface area contributed by atoms with E-state index < -0.39 is 0 Å². The Bertz CT molecular complexity index is 249. The predicted octanol–water partition coefficient (Wildman–Crippen LogP) is 0.796. The Morgan fingerprint density at radius 1 is 1.77 bits per heavy atom. The van der Waals surface area contributed by atoms with Crippen molar-refractivity contribution in [3.05, 3.63) is 16.6 Å². The number of thiazole rings is 1. The summed E-state index contributed by atoms with van der Waals surface area (Å²) in [6, 6.07) is 0. The second-order valence-corrected chi connectivity index (χ2v) is 3.44. The monoisotopic (exact) mass is 200 g/mol. The van der Waals surface area contributed by atoms with Gasteiger partial charge in [0.1, 0.15) is 0 Å². The smallest absolute Gasteiger partial charge is 0.306 e. The number of methoxy groups -OCH3 is 1. The van der Waals surface area contributed by atoms with Crippen LogP contribution in [0.25, 0.3) is 0 Å². The van der Waals surface area contributed by atoms with Crippen LogP contribution in [0.5, 0.6) is 0 Å². The van der Waals surface area contributed by atoms with E-state index in [1.807, 2.05) is 6.20 Å². The summed E-state index contributed by atoms with van der Waals surface area (Å²) in [4.78, 5) is 15.8. The van der Waals surface area contributed by atoms with Gasteiger partial charge in [-0.15, -0.1) is 11.3 Å². The van der Waals surface area contributed by atoms with Crippen LogP contribution in [-0.4, -0.2) is 24.6 Å². The van der Waals surface area contributed by atoms with Crippen LogP contribution in [-0.2, 0) is 16.1 Å². The molecule has 0 aromatic carbocycles. The van der Waals surface area contributed by atoms with Crippen molar-refractivity contribution in [1.82, 2.24) is 10.3 Å². The molecule has 0 saturated heterocycles. The Morgan fingerprint density at radius 3 is 3.23 bits per heavy atom. The lowest BCUT2D eigenvalue weighted by molar-refractivity contribution is -0.140. The van der Waals surface area contributed by atoms with Crippen molar-refractivity contribution in [2.75, 3.05) is 13.7 Å². The SMILES string of the molecule is COC(=O)CCNCc1cncs1. The lowest BCUT2D eigenvalue weighted by Gasteiger charge is -2.00. The molecule has 0 aliphatic carbocycles. The first-order valence-electron chi connectivity index (χ1n) is 3.98. The molecule has 0 amide bonds. The number of nitrogens with zero attached hydrogens (tertiary/aromatic N) is 1. The number of ether oxygens (including phenoxy) is 1. The zero-order valence-corrected chi connectivity index (χ0v) is 8.26. The zero-order valence-electron chi connectivity index (χ0n) is 7.45. The summed E-state index contributed by atoms with van der Waals surface area (Å²) in [6.07, 6.45) is 2.23. The molecule has 0 atom stereocenters. The fraction of sp³-hybridized carbons (Fsp3) is 0.500. The van der Waals surface area contributed by atoms with Crippen molar-refractivity contribution < 1.29 is 9.53 Å². The zero-order chi connectivity index (χ0) is 9.52. The summed E-state index contributed by atoms with van der Waals surface area (Å²) in [6.45, 7) is 1.41. The van der Waals surface area contributed by atoms with E-state index >= 15 is 0 Å². The van der Waals surface area contributed by atoms with Gasteiger partial charge in [0.2, 0.25) is 0 Å². The van der Waals surface area contributed by atoms with Gasteiger partial charge in [-0.25, -0.2) is 0 Å². The molecule has 0 bridgehead atoms. The van der Waals surface area contributed by atoms with Crippen molar-refractivity contribution in [3.63, 3.8) is 0 Å². The molecule has 1 heterocycles. The van der Waals surface area contributed by atoms with E-state index in [1.165, 1.54) is 12.0 Å². The van der Waals surface area contributed by atoms with Crippen LogP contribution < -0.4 is 5.32 Å². The predicted molar refractivity (Wildman–Crippen MR) is 50.5 cm³/mol. The van der Waals surface area contributed by atoms with E-state index in [-0.39, 0.29) is 5.97 Å². The minimum absolute atomic E-state index is 0.184. The molecular weight excluding hydrogens is 188 g/mol. The fourth-order valence-corrected chi connectivity index (χ4v) is 1.40. The summed E-state index contributed by atoms with van der Waals surface area (Å²) >= 11 is 1.60. The average Bonchev–Trinajstić information content (AvgIpc) is 2.64. The first kappa shape index (κ1) is 10.1. The Labute approximate surface area is 80.9 Å². The molecule has 0 radical (unpaired) electrons. The molecule has 0 fully saturated rings. The Hall–Kier alpha value is -0.940. The highest BCUT2D eigenvalue weighted by molar-refractivity contribution is 7.09. The lowest BCUT2D eigenvalue weighted by atomic mass is 10.4. The lowest BCUT2D eigenvalue weighted by Crippen LogP contribution is -2.17. The summed E-state index contributed by atoms with van der Waals surface area (Å²) < 4.78 is 4.50. The first-order valence-corrected chi connectivity index (χ1v) is 4.86.